The molecule has 2 aromatic carbocycles. The van der Waals surface area contributed by atoms with Gasteiger partial charge < -0.3 is 26.6 Å². The lowest BCUT2D eigenvalue weighted by atomic mass is 9.99. The van der Waals surface area contributed by atoms with Crippen LogP contribution in [-0.2, 0) is 30.4 Å². The Hall–Kier alpha value is -3.95. The molecule has 2 aromatic rings. The third-order valence-corrected chi connectivity index (χ3v) is 5.79. The van der Waals surface area contributed by atoms with Gasteiger partial charge in [0, 0.05) is 64.3 Å². The van der Waals surface area contributed by atoms with E-state index in [-0.39, 0.29) is 87.8 Å². The fraction of sp³-hybridized carbons (Fsp3) is 0.423. The van der Waals surface area contributed by atoms with Gasteiger partial charge in [-0.25, -0.2) is 0 Å². The number of hydrogen-bond acceptors (Lipinski definition) is 5. The van der Waals surface area contributed by atoms with E-state index in [0.29, 0.717) is 6.42 Å². The van der Waals surface area contributed by atoms with Crippen LogP contribution in [0.2, 0.25) is 0 Å². The highest BCUT2D eigenvalue weighted by Gasteiger charge is 2.18. The quantitative estimate of drug-likeness (QED) is 0.407. The Morgan fingerprint density at radius 1 is 0.583 bits per heavy atom. The normalized spacial score (nSPS) is 19.9. The van der Waals surface area contributed by atoms with E-state index in [1.807, 2.05) is 42.5 Å². The smallest absolute Gasteiger partial charge is 0.222 e. The Balaban J connectivity index is 1.64. The van der Waals surface area contributed by atoms with Gasteiger partial charge in [-0.05, 0) is 22.8 Å². The summed E-state index contributed by atoms with van der Waals surface area (Å²) in [4.78, 5) is 60.8. The third-order valence-electron chi connectivity index (χ3n) is 5.79. The molecule has 0 bridgehead atoms. The summed E-state index contributed by atoms with van der Waals surface area (Å²) in [6.45, 7) is 0.763. The first-order valence-corrected chi connectivity index (χ1v) is 12.2. The van der Waals surface area contributed by atoms with Gasteiger partial charge >= 0.3 is 0 Å². The van der Waals surface area contributed by atoms with Crippen LogP contribution >= 0.6 is 0 Å². The first-order chi connectivity index (χ1) is 17.4. The van der Waals surface area contributed by atoms with Crippen LogP contribution in [0.3, 0.4) is 0 Å². The van der Waals surface area contributed by atoms with Crippen LogP contribution < -0.4 is 26.6 Å². The summed E-state index contributed by atoms with van der Waals surface area (Å²) in [5, 5.41) is 15.8. The van der Waals surface area contributed by atoms with Gasteiger partial charge in [0.2, 0.25) is 29.5 Å². The highest BCUT2D eigenvalue weighted by molar-refractivity contribution is 5.85. The highest BCUT2D eigenvalue weighted by atomic mass is 16.2. The number of nitrogens with one attached hydrogen (secondary N) is 5. The Bertz CT molecular complexity index is 1100. The van der Waals surface area contributed by atoms with Crippen LogP contribution in [0.25, 0.3) is 10.8 Å². The van der Waals surface area contributed by atoms with Crippen molar-refractivity contribution >= 4 is 40.3 Å². The SMILES string of the molecule is O=C1CCNC(=O)CCC(=O)NCCNC(=O)CC(Cc2ccc3ccccc3c2)NC(=O)CCN1. The maximum absolute atomic E-state index is 12.6. The number of carbonyl (C=O) groups is 5. The summed E-state index contributed by atoms with van der Waals surface area (Å²) in [5.41, 5.74) is 0.990. The van der Waals surface area contributed by atoms with E-state index in [9.17, 15) is 24.0 Å². The second kappa shape index (κ2) is 13.8. The van der Waals surface area contributed by atoms with E-state index in [1.165, 1.54) is 0 Å². The van der Waals surface area contributed by atoms with Gasteiger partial charge in [0.15, 0.2) is 0 Å². The molecule has 0 aromatic heterocycles. The van der Waals surface area contributed by atoms with Crippen molar-refractivity contribution < 1.29 is 24.0 Å². The van der Waals surface area contributed by atoms with Crippen molar-refractivity contribution in [3.63, 3.8) is 0 Å². The lowest BCUT2D eigenvalue weighted by molar-refractivity contribution is -0.126. The van der Waals surface area contributed by atoms with E-state index in [1.54, 1.807) is 0 Å². The molecule has 5 amide bonds. The molecule has 10 heteroatoms. The van der Waals surface area contributed by atoms with Gasteiger partial charge in [-0.2, -0.15) is 0 Å². The number of amides is 5. The van der Waals surface area contributed by atoms with Crippen molar-refractivity contribution in [2.75, 3.05) is 26.2 Å². The number of rotatable bonds is 2. The topological polar surface area (TPSA) is 146 Å². The van der Waals surface area contributed by atoms with Crippen molar-refractivity contribution in [2.45, 2.75) is 44.6 Å². The largest absolute Gasteiger partial charge is 0.356 e. The zero-order chi connectivity index (χ0) is 25.8. The predicted octanol–water partition coefficient (Wildman–Crippen LogP) is 0.296. The van der Waals surface area contributed by atoms with Gasteiger partial charge in [0.1, 0.15) is 0 Å². The number of hydrogen-bond donors (Lipinski definition) is 5. The predicted molar refractivity (Wildman–Crippen MR) is 135 cm³/mol. The average Bonchev–Trinajstić information content (AvgIpc) is 2.84. The van der Waals surface area contributed by atoms with E-state index < -0.39 is 6.04 Å². The molecule has 1 unspecified atom stereocenters. The van der Waals surface area contributed by atoms with Crippen molar-refractivity contribution in [1.29, 1.82) is 0 Å². The summed E-state index contributed by atoms with van der Waals surface area (Å²) in [5.74, 6) is -1.44. The summed E-state index contributed by atoms with van der Waals surface area (Å²) >= 11 is 0. The molecule has 192 valence electrons. The molecule has 1 aliphatic rings. The standard InChI is InChI=1S/C26H33N5O5/c32-22-7-8-23(33)29-13-14-30-26(36)17-21(31-25(35)10-12-28-24(34)9-11-27-22)16-18-5-6-19-3-1-2-4-20(19)15-18/h1-6,15,21H,7-14,16-17H2,(H,27,32)(H,28,34)(H,29,33)(H,30,36)(H,31,35). The lowest BCUT2D eigenvalue weighted by Crippen LogP contribution is -2.43. The van der Waals surface area contributed by atoms with E-state index in [4.69, 9.17) is 0 Å². The van der Waals surface area contributed by atoms with Gasteiger partial charge in [-0.1, -0.05) is 42.5 Å². The molecule has 1 saturated heterocycles. The van der Waals surface area contributed by atoms with Crippen molar-refractivity contribution in [3.05, 3.63) is 48.0 Å². The maximum Gasteiger partial charge on any atom is 0.222 e. The highest BCUT2D eigenvalue weighted by Crippen LogP contribution is 2.17. The second-order valence-corrected chi connectivity index (χ2v) is 8.75. The zero-order valence-corrected chi connectivity index (χ0v) is 20.2. The Morgan fingerprint density at radius 2 is 1.14 bits per heavy atom. The molecule has 5 N–H and O–H groups in total. The summed E-state index contributed by atoms with van der Waals surface area (Å²) in [6.07, 6.45) is 0.707. The van der Waals surface area contributed by atoms with Crippen LogP contribution in [0.4, 0.5) is 0 Å². The molecule has 36 heavy (non-hydrogen) atoms. The first kappa shape index (κ1) is 26.7. The summed E-state index contributed by atoms with van der Waals surface area (Å²) in [6, 6.07) is 13.6. The molecule has 0 spiro atoms. The Labute approximate surface area is 210 Å². The van der Waals surface area contributed by atoms with Crippen LogP contribution in [0.5, 0.6) is 0 Å². The van der Waals surface area contributed by atoms with Crippen LogP contribution in [-0.4, -0.2) is 61.8 Å². The molecule has 1 heterocycles. The second-order valence-electron chi connectivity index (χ2n) is 8.75. The van der Waals surface area contributed by atoms with Crippen LogP contribution in [0.1, 0.15) is 37.7 Å². The minimum atomic E-state index is -0.440. The lowest BCUT2D eigenvalue weighted by Gasteiger charge is -2.19. The van der Waals surface area contributed by atoms with E-state index in [0.717, 1.165) is 16.3 Å². The van der Waals surface area contributed by atoms with Crippen LogP contribution in [0.15, 0.2) is 42.5 Å². The number of fused-ring (bicyclic) bond motifs is 1. The molecule has 10 nitrogen and oxygen atoms in total. The summed E-state index contributed by atoms with van der Waals surface area (Å²) in [7, 11) is 0. The van der Waals surface area contributed by atoms with Gasteiger partial charge in [-0.15, -0.1) is 0 Å². The van der Waals surface area contributed by atoms with Crippen molar-refractivity contribution in [3.8, 4) is 0 Å². The first-order valence-electron chi connectivity index (χ1n) is 12.2. The van der Waals surface area contributed by atoms with Crippen LogP contribution in [0, 0.1) is 0 Å². The summed E-state index contributed by atoms with van der Waals surface area (Å²) < 4.78 is 0. The Kier molecular flexibility index (Phi) is 10.2. The molecular formula is C26H33N5O5. The minimum Gasteiger partial charge on any atom is -0.356 e. The van der Waals surface area contributed by atoms with E-state index in [2.05, 4.69) is 26.6 Å². The van der Waals surface area contributed by atoms with Crippen molar-refractivity contribution in [1.82, 2.24) is 26.6 Å². The molecule has 1 atom stereocenters. The molecular weight excluding hydrogens is 462 g/mol. The molecule has 0 saturated carbocycles. The molecule has 3 rings (SSSR count). The fourth-order valence-corrected chi connectivity index (χ4v) is 3.95. The zero-order valence-electron chi connectivity index (χ0n) is 20.2. The number of benzene rings is 2. The maximum atomic E-state index is 12.6. The molecule has 1 fully saturated rings. The number of carbonyl (C=O) groups excluding carboxylic acids is 5. The average molecular weight is 496 g/mol. The van der Waals surface area contributed by atoms with Gasteiger partial charge in [0.25, 0.3) is 0 Å². The van der Waals surface area contributed by atoms with Crippen molar-refractivity contribution in [2.24, 2.45) is 0 Å². The molecule has 1 aliphatic heterocycles. The Morgan fingerprint density at radius 3 is 1.83 bits per heavy atom. The third kappa shape index (κ3) is 9.36. The van der Waals surface area contributed by atoms with Gasteiger partial charge in [0.05, 0.1) is 0 Å². The van der Waals surface area contributed by atoms with E-state index >= 15 is 0 Å². The van der Waals surface area contributed by atoms with Gasteiger partial charge in [-0.3, -0.25) is 24.0 Å². The minimum absolute atomic E-state index is 0.0104. The molecule has 0 aliphatic carbocycles. The molecule has 0 radical (unpaired) electrons. The fourth-order valence-electron chi connectivity index (χ4n) is 3.95. The monoisotopic (exact) mass is 495 g/mol.